The van der Waals surface area contributed by atoms with E-state index in [1.165, 1.54) is 0 Å². The highest BCUT2D eigenvalue weighted by Crippen LogP contribution is 2.40. The molecule has 25 heavy (non-hydrogen) atoms. The monoisotopic (exact) mass is 472 g/mol. The molecule has 0 atom stereocenters. The highest BCUT2D eigenvalue weighted by atomic mass is 127. The van der Waals surface area contributed by atoms with Gasteiger partial charge in [0.1, 0.15) is 24.2 Å². The molecule has 0 amide bonds. The van der Waals surface area contributed by atoms with E-state index in [1.54, 1.807) is 8.93 Å². The first-order chi connectivity index (χ1) is 12.1. The van der Waals surface area contributed by atoms with Crippen LogP contribution in [0.4, 0.5) is 0 Å². The summed E-state index contributed by atoms with van der Waals surface area (Å²) >= 11 is 2.23. The summed E-state index contributed by atoms with van der Waals surface area (Å²) in [7, 11) is 1.67. The third kappa shape index (κ3) is 3.89. The van der Waals surface area contributed by atoms with Crippen molar-refractivity contribution in [2.75, 3.05) is 12.4 Å². The highest BCUT2D eigenvalue weighted by Gasteiger charge is 2.32. The standard InChI is InChI=1S/C19H21IO4S/c1-11-12(2)16-10-24-19(22)17(16)18(23-7-8-25-20)15(11)6-5-14(9-21)13-3-4-13/h5,9,13H,3-4,6-8,10H2,1-2H3/b14-5-. The van der Waals surface area contributed by atoms with Crippen molar-refractivity contribution >= 4 is 42.4 Å². The van der Waals surface area contributed by atoms with Gasteiger partial charge in [0.05, 0.1) is 6.61 Å². The molecule has 0 unspecified atom stereocenters. The number of fused-ring (bicyclic) bond motifs is 1. The number of ether oxygens (including phenoxy) is 2. The quantitative estimate of drug-likeness (QED) is 0.183. The number of cyclic esters (lactones) is 1. The van der Waals surface area contributed by atoms with Gasteiger partial charge in [-0.05, 0) is 76.9 Å². The van der Waals surface area contributed by atoms with Crippen molar-refractivity contribution in [3.05, 3.63) is 39.5 Å². The predicted molar refractivity (Wildman–Crippen MR) is 108 cm³/mol. The Morgan fingerprint density at radius 2 is 2.12 bits per heavy atom. The first-order valence-corrected chi connectivity index (χ1v) is 11.9. The normalized spacial score (nSPS) is 16.6. The van der Waals surface area contributed by atoms with E-state index >= 15 is 0 Å². The molecule has 0 saturated heterocycles. The van der Waals surface area contributed by atoms with Crippen molar-refractivity contribution in [2.45, 2.75) is 39.7 Å². The molecule has 1 heterocycles. The molecule has 0 bridgehead atoms. The average Bonchev–Trinajstić information content (AvgIpc) is 3.37. The number of hydrogen-bond acceptors (Lipinski definition) is 5. The lowest BCUT2D eigenvalue weighted by Gasteiger charge is -2.18. The number of esters is 1. The summed E-state index contributed by atoms with van der Waals surface area (Å²) < 4.78 is 11.3. The highest BCUT2D eigenvalue weighted by molar-refractivity contribution is 14.2. The van der Waals surface area contributed by atoms with Crippen molar-refractivity contribution in [1.29, 1.82) is 0 Å². The lowest BCUT2D eigenvalue weighted by atomic mass is 9.91. The summed E-state index contributed by atoms with van der Waals surface area (Å²) in [4.78, 5) is 23.6. The minimum absolute atomic E-state index is 0.307. The van der Waals surface area contributed by atoms with E-state index in [9.17, 15) is 9.59 Å². The zero-order valence-corrected chi connectivity index (χ0v) is 17.4. The van der Waals surface area contributed by atoms with Crippen LogP contribution >= 0.6 is 30.1 Å². The van der Waals surface area contributed by atoms with Crippen LogP contribution in [0.5, 0.6) is 5.75 Å². The fourth-order valence-electron chi connectivity index (χ4n) is 3.23. The van der Waals surface area contributed by atoms with Crippen LogP contribution < -0.4 is 4.74 Å². The third-order valence-electron chi connectivity index (χ3n) is 4.96. The second-order valence-electron chi connectivity index (χ2n) is 6.45. The molecule has 2 aliphatic rings. The van der Waals surface area contributed by atoms with Gasteiger partial charge in [-0.1, -0.05) is 15.0 Å². The van der Waals surface area contributed by atoms with Crippen molar-refractivity contribution in [3.8, 4) is 5.75 Å². The van der Waals surface area contributed by atoms with Crippen LogP contribution in [0.1, 0.15) is 45.5 Å². The Bertz CT molecular complexity index is 738. The van der Waals surface area contributed by atoms with Crippen LogP contribution in [-0.4, -0.2) is 24.6 Å². The van der Waals surface area contributed by atoms with E-state index in [-0.39, 0.29) is 5.97 Å². The van der Waals surface area contributed by atoms with Gasteiger partial charge in [-0.15, -0.1) is 0 Å². The van der Waals surface area contributed by atoms with E-state index in [0.717, 1.165) is 52.7 Å². The maximum Gasteiger partial charge on any atom is 0.342 e. The average molecular weight is 472 g/mol. The van der Waals surface area contributed by atoms with Crippen molar-refractivity contribution in [3.63, 3.8) is 0 Å². The van der Waals surface area contributed by atoms with Crippen LogP contribution in [0.3, 0.4) is 0 Å². The van der Waals surface area contributed by atoms with Crippen LogP contribution in [0.2, 0.25) is 0 Å². The van der Waals surface area contributed by atoms with Gasteiger partial charge < -0.3 is 9.47 Å². The summed E-state index contributed by atoms with van der Waals surface area (Å²) in [6, 6.07) is 0. The van der Waals surface area contributed by atoms with Gasteiger partial charge in [-0.2, -0.15) is 0 Å². The molecule has 1 aliphatic carbocycles. The summed E-state index contributed by atoms with van der Waals surface area (Å²) in [5.74, 6) is 1.59. The lowest BCUT2D eigenvalue weighted by molar-refractivity contribution is -0.105. The molecule has 1 aromatic rings. The van der Waals surface area contributed by atoms with Gasteiger partial charge in [0, 0.05) is 16.9 Å². The Hall–Kier alpha value is -1.02. The molecule has 134 valence electrons. The van der Waals surface area contributed by atoms with Crippen molar-refractivity contribution in [1.82, 2.24) is 0 Å². The van der Waals surface area contributed by atoms with Crippen molar-refractivity contribution < 1.29 is 19.1 Å². The van der Waals surface area contributed by atoms with Crippen molar-refractivity contribution in [2.24, 2.45) is 5.92 Å². The van der Waals surface area contributed by atoms with Gasteiger partial charge >= 0.3 is 5.97 Å². The molecule has 1 aromatic carbocycles. The molecular formula is C19H21IO4S. The minimum atomic E-state index is -0.307. The van der Waals surface area contributed by atoms with E-state index in [0.29, 0.717) is 36.9 Å². The van der Waals surface area contributed by atoms with Gasteiger partial charge in [-0.25, -0.2) is 4.79 Å². The van der Waals surface area contributed by atoms with E-state index < -0.39 is 0 Å². The van der Waals surface area contributed by atoms with E-state index in [2.05, 4.69) is 28.1 Å². The van der Waals surface area contributed by atoms with Gasteiger partial charge in [0.25, 0.3) is 0 Å². The van der Waals surface area contributed by atoms with Crippen LogP contribution in [-0.2, 0) is 22.6 Å². The molecule has 3 rings (SSSR count). The molecular weight excluding hydrogens is 451 g/mol. The Balaban J connectivity index is 2.02. The fourth-order valence-corrected chi connectivity index (χ4v) is 3.92. The number of halogens is 1. The topological polar surface area (TPSA) is 52.6 Å². The van der Waals surface area contributed by atoms with Gasteiger partial charge in [0.2, 0.25) is 0 Å². The second kappa shape index (κ2) is 8.12. The first-order valence-electron chi connectivity index (χ1n) is 8.42. The Morgan fingerprint density at radius 1 is 1.36 bits per heavy atom. The molecule has 4 nitrogen and oxygen atoms in total. The second-order valence-corrected chi connectivity index (χ2v) is 8.94. The van der Waals surface area contributed by atoms with E-state index in [1.807, 2.05) is 13.0 Å². The predicted octanol–water partition coefficient (Wildman–Crippen LogP) is 4.51. The number of benzene rings is 1. The van der Waals surface area contributed by atoms with Crippen LogP contribution in [0.15, 0.2) is 11.6 Å². The minimum Gasteiger partial charge on any atom is -0.491 e. The Morgan fingerprint density at radius 3 is 2.76 bits per heavy atom. The largest absolute Gasteiger partial charge is 0.491 e. The zero-order valence-electron chi connectivity index (χ0n) is 14.4. The summed E-state index contributed by atoms with van der Waals surface area (Å²) in [5.41, 5.74) is 5.57. The molecule has 0 radical (unpaired) electrons. The third-order valence-corrected chi connectivity index (χ3v) is 6.60. The Kier molecular flexibility index (Phi) is 6.09. The van der Waals surface area contributed by atoms with Crippen LogP contribution in [0, 0.1) is 19.8 Å². The number of allylic oxidation sites excluding steroid dienone is 2. The summed E-state index contributed by atoms with van der Waals surface area (Å²) in [5, 5.41) is 0. The van der Waals surface area contributed by atoms with Gasteiger partial charge in [-0.3, -0.25) is 4.79 Å². The smallest absolute Gasteiger partial charge is 0.342 e. The Labute approximate surface area is 164 Å². The number of hydrogen-bond donors (Lipinski definition) is 0. The molecule has 1 saturated carbocycles. The number of carbonyl (C=O) groups excluding carboxylic acids is 2. The van der Waals surface area contributed by atoms with Gasteiger partial charge in [0.15, 0.2) is 0 Å². The maximum atomic E-state index is 12.3. The maximum absolute atomic E-state index is 12.3. The molecule has 0 spiro atoms. The lowest BCUT2D eigenvalue weighted by Crippen LogP contribution is -2.10. The molecule has 6 heteroatoms. The zero-order chi connectivity index (χ0) is 18.0. The molecule has 1 aliphatic heterocycles. The molecule has 0 aromatic heterocycles. The molecule has 1 fully saturated rings. The SMILES string of the molecule is Cc1c(C)c2c(c(OCCSI)c1C/C=C(/C=O)C1CC1)C(=O)OC2. The van der Waals surface area contributed by atoms with Crippen LogP contribution in [0.25, 0.3) is 0 Å². The summed E-state index contributed by atoms with van der Waals surface area (Å²) in [6.45, 7) is 4.93. The fraction of sp³-hybridized carbons (Fsp3) is 0.474. The summed E-state index contributed by atoms with van der Waals surface area (Å²) in [6.07, 6.45) is 5.75. The van der Waals surface area contributed by atoms with E-state index in [4.69, 9.17) is 9.47 Å². The first kappa shape index (κ1) is 18.8. The number of aldehydes is 1. The number of carbonyl (C=O) groups is 2. The molecule has 0 N–H and O–H groups in total. The number of rotatable bonds is 8.